The quantitative estimate of drug-likeness (QED) is 0.581. The fourth-order valence-corrected chi connectivity index (χ4v) is 3.95. The van der Waals surface area contributed by atoms with Crippen LogP contribution < -0.4 is 0 Å². The van der Waals surface area contributed by atoms with Crippen molar-refractivity contribution < 1.29 is 4.74 Å². The zero-order chi connectivity index (χ0) is 17.3. The summed E-state index contributed by atoms with van der Waals surface area (Å²) in [4.78, 5) is 2.72. The lowest BCUT2D eigenvalue weighted by molar-refractivity contribution is 0.0754. The maximum absolute atomic E-state index is 5.87. The first-order valence-corrected chi connectivity index (χ1v) is 9.77. The monoisotopic (exact) mass is 337 g/mol. The predicted molar refractivity (Wildman–Crippen MR) is 105 cm³/mol. The van der Waals surface area contributed by atoms with Gasteiger partial charge in [-0.1, -0.05) is 67.1 Å². The second-order valence-electron chi connectivity index (χ2n) is 7.15. The van der Waals surface area contributed by atoms with E-state index in [1.165, 1.54) is 43.4 Å². The van der Waals surface area contributed by atoms with Gasteiger partial charge in [0.25, 0.3) is 0 Å². The van der Waals surface area contributed by atoms with Gasteiger partial charge in [0, 0.05) is 18.7 Å². The molecule has 1 aliphatic heterocycles. The molecule has 0 bridgehead atoms. The zero-order valence-corrected chi connectivity index (χ0v) is 15.4. The highest BCUT2D eigenvalue weighted by molar-refractivity contribution is 5.18. The zero-order valence-electron chi connectivity index (χ0n) is 15.4. The Labute approximate surface area is 152 Å². The van der Waals surface area contributed by atoms with Gasteiger partial charge in [0.05, 0.1) is 6.61 Å². The second kappa shape index (κ2) is 9.74. The van der Waals surface area contributed by atoms with Gasteiger partial charge in [-0.25, -0.2) is 0 Å². The summed E-state index contributed by atoms with van der Waals surface area (Å²) in [6, 6.07) is 22.6. The largest absolute Gasteiger partial charge is 0.377 e. The van der Waals surface area contributed by atoms with E-state index < -0.39 is 0 Å². The Bertz CT molecular complexity index is 598. The molecule has 2 aromatic carbocycles. The SMILES string of the molecule is C[C@@H](c1ccccc1)N1CCCC[C@H]1CCCOCc1ccccc1. The second-order valence-corrected chi connectivity index (χ2v) is 7.15. The first kappa shape index (κ1) is 18.2. The van der Waals surface area contributed by atoms with E-state index in [1.807, 2.05) is 0 Å². The number of nitrogens with zero attached hydrogens (tertiary/aromatic N) is 1. The van der Waals surface area contributed by atoms with Gasteiger partial charge in [0.15, 0.2) is 0 Å². The third kappa shape index (κ3) is 5.42. The van der Waals surface area contributed by atoms with Crippen molar-refractivity contribution in [2.45, 2.75) is 57.7 Å². The first-order chi connectivity index (χ1) is 12.3. The van der Waals surface area contributed by atoms with Crippen LogP contribution in [-0.4, -0.2) is 24.1 Å². The Morgan fingerprint density at radius 2 is 1.72 bits per heavy atom. The molecular weight excluding hydrogens is 306 g/mol. The summed E-state index contributed by atoms with van der Waals surface area (Å²) in [6.45, 7) is 5.18. The summed E-state index contributed by atoms with van der Waals surface area (Å²) in [5, 5.41) is 0. The molecular formula is C23H31NO. The molecule has 0 amide bonds. The van der Waals surface area contributed by atoms with Crippen LogP contribution in [0.15, 0.2) is 60.7 Å². The minimum Gasteiger partial charge on any atom is -0.377 e. The average Bonchev–Trinajstić information content (AvgIpc) is 2.69. The lowest BCUT2D eigenvalue weighted by Gasteiger charge is -2.40. The number of hydrogen-bond acceptors (Lipinski definition) is 2. The minimum atomic E-state index is 0.511. The van der Waals surface area contributed by atoms with E-state index in [4.69, 9.17) is 4.74 Å². The molecule has 134 valence electrons. The highest BCUT2D eigenvalue weighted by Crippen LogP contribution is 2.30. The highest BCUT2D eigenvalue weighted by Gasteiger charge is 2.26. The topological polar surface area (TPSA) is 12.5 Å². The Kier molecular flexibility index (Phi) is 7.08. The van der Waals surface area contributed by atoms with Crippen LogP contribution in [0.1, 0.15) is 56.2 Å². The normalized spacial score (nSPS) is 19.6. The van der Waals surface area contributed by atoms with Crippen LogP contribution in [0.4, 0.5) is 0 Å². The van der Waals surface area contributed by atoms with Gasteiger partial charge in [0.1, 0.15) is 0 Å². The predicted octanol–water partition coefficient (Wildman–Crippen LogP) is 5.60. The van der Waals surface area contributed by atoms with Crippen LogP contribution in [0, 0.1) is 0 Å². The van der Waals surface area contributed by atoms with E-state index >= 15 is 0 Å². The Morgan fingerprint density at radius 1 is 1.00 bits per heavy atom. The highest BCUT2D eigenvalue weighted by atomic mass is 16.5. The van der Waals surface area contributed by atoms with Gasteiger partial charge in [-0.3, -0.25) is 4.90 Å². The molecule has 2 nitrogen and oxygen atoms in total. The lowest BCUT2D eigenvalue weighted by Crippen LogP contribution is -2.41. The van der Waals surface area contributed by atoms with Crippen molar-refractivity contribution in [2.75, 3.05) is 13.2 Å². The molecule has 2 aromatic rings. The Balaban J connectivity index is 1.45. The van der Waals surface area contributed by atoms with Crippen molar-refractivity contribution in [3.05, 3.63) is 71.8 Å². The van der Waals surface area contributed by atoms with Crippen LogP contribution >= 0.6 is 0 Å². The van der Waals surface area contributed by atoms with Gasteiger partial charge in [-0.05, 0) is 50.3 Å². The van der Waals surface area contributed by atoms with E-state index in [0.29, 0.717) is 12.1 Å². The van der Waals surface area contributed by atoms with Gasteiger partial charge in [0.2, 0.25) is 0 Å². The van der Waals surface area contributed by atoms with Crippen molar-refractivity contribution in [1.29, 1.82) is 0 Å². The van der Waals surface area contributed by atoms with Gasteiger partial charge < -0.3 is 4.74 Å². The third-order valence-electron chi connectivity index (χ3n) is 5.39. The van der Waals surface area contributed by atoms with Crippen LogP contribution in [0.25, 0.3) is 0 Å². The standard InChI is InChI=1S/C23H31NO/c1-20(22-13-6-3-7-14-22)24-17-9-8-15-23(24)16-10-18-25-19-21-11-4-2-5-12-21/h2-7,11-14,20,23H,8-10,15-19H2,1H3/t20-,23-/m0/s1. The van der Waals surface area contributed by atoms with E-state index in [9.17, 15) is 0 Å². The van der Waals surface area contributed by atoms with Crippen molar-refractivity contribution in [1.82, 2.24) is 4.90 Å². The molecule has 0 spiro atoms. The van der Waals surface area contributed by atoms with Crippen molar-refractivity contribution in [3.8, 4) is 0 Å². The van der Waals surface area contributed by atoms with E-state index in [1.54, 1.807) is 0 Å². The van der Waals surface area contributed by atoms with Crippen LogP contribution in [0.2, 0.25) is 0 Å². The van der Waals surface area contributed by atoms with Gasteiger partial charge >= 0.3 is 0 Å². The number of benzene rings is 2. The third-order valence-corrected chi connectivity index (χ3v) is 5.39. The summed E-state index contributed by atoms with van der Waals surface area (Å²) in [5.41, 5.74) is 2.70. The summed E-state index contributed by atoms with van der Waals surface area (Å²) < 4.78 is 5.87. The molecule has 25 heavy (non-hydrogen) atoms. The molecule has 0 radical (unpaired) electrons. The average molecular weight is 338 g/mol. The molecule has 2 heteroatoms. The minimum absolute atomic E-state index is 0.511. The van der Waals surface area contributed by atoms with Crippen LogP contribution in [0.5, 0.6) is 0 Å². The van der Waals surface area contributed by atoms with Crippen LogP contribution in [0.3, 0.4) is 0 Å². The fourth-order valence-electron chi connectivity index (χ4n) is 3.95. The fraction of sp³-hybridized carbons (Fsp3) is 0.478. The van der Waals surface area contributed by atoms with Gasteiger partial charge in [-0.2, -0.15) is 0 Å². The van der Waals surface area contributed by atoms with E-state index in [-0.39, 0.29) is 0 Å². The summed E-state index contributed by atoms with van der Waals surface area (Å²) in [7, 11) is 0. The number of hydrogen-bond donors (Lipinski definition) is 0. The van der Waals surface area contributed by atoms with E-state index in [0.717, 1.165) is 19.6 Å². The first-order valence-electron chi connectivity index (χ1n) is 9.77. The molecule has 1 heterocycles. The Hall–Kier alpha value is -1.64. The summed E-state index contributed by atoms with van der Waals surface area (Å²) in [6.07, 6.45) is 6.42. The van der Waals surface area contributed by atoms with Crippen molar-refractivity contribution in [2.24, 2.45) is 0 Å². The molecule has 0 aromatic heterocycles. The smallest absolute Gasteiger partial charge is 0.0716 e. The van der Waals surface area contributed by atoms with Crippen molar-refractivity contribution in [3.63, 3.8) is 0 Å². The number of ether oxygens (including phenoxy) is 1. The molecule has 2 atom stereocenters. The van der Waals surface area contributed by atoms with Crippen LogP contribution in [-0.2, 0) is 11.3 Å². The molecule has 0 N–H and O–H groups in total. The van der Waals surface area contributed by atoms with E-state index in [2.05, 4.69) is 72.5 Å². The summed E-state index contributed by atoms with van der Waals surface area (Å²) >= 11 is 0. The molecule has 0 saturated carbocycles. The maximum atomic E-state index is 5.87. The number of rotatable bonds is 8. The summed E-state index contributed by atoms with van der Waals surface area (Å²) in [5.74, 6) is 0. The molecule has 0 aliphatic carbocycles. The molecule has 1 fully saturated rings. The van der Waals surface area contributed by atoms with Gasteiger partial charge in [-0.15, -0.1) is 0 Å². The lowest BCUT2D eigenvalue weighted by atomic mass is 9.94. The number of piperidine rings is 1. The molecule has 1 aliphatic rings. The molecule has 3 rings (SSSR count). The molecule has 1 saturated heterocycles. The maximum Gasteiger partial charge on any atom is 0.0716 e. The Morgan fingerprint density at radius 3 is 2.48 bits per heavy atom. The number of likely N-dealkylation sites (tertiary alicyclic amines) is 1. The molecule has 0 unspecified atom stereocenters. The van der Waals surface area contributed by atoms with Crippen molar-refractivity contribution >= 4 is 0 Å².